The zero-order valence-corrected chi connectivity index (χ0v) is 19.2. The van der Waals surface area contributed by atoms with Gasteiger partial charge in [0.2, 0.25) is 0 Å². The minimum atomic E-state index is 0. The highest BCUT2D eigenvalue weighted by Gasteiger charge is 2.13. The number of guanidine groups is 1. The number of anilines is 1. The fourth-order valence-electron chi connectivity index (χ4n) is 2.85. The summed E-state index contributed by atoms with van der Waals surface area (Å²) in [5.74, 6) is 2.92. The Morgan fingerprint density at radius 2 is 1.93 bits per heavy atom. The topological polar surface area (TPSA) is 78.6 Å². The summed E-state index contributed by atoms with van der Waals surface area (Å²) in [4.78, 5) is 10.7. The molecule has 0 aromatic carbocycles. The van der Waals surface area contributed by atoms with Crippen LogP contribution in [0.1, 0.15) is 49.6 Å². The number of pyridine rings is 1. The van der Waals surface area contributed by atoms with Crippen LogP contribution in [0.3, 0.4) is 0 Å². The van der Waals surface area contributed by atoms with Gasteiger partial charge in [0.05, 0.1) is 12.2 Å². The molecule has 0 fully saturated rings. The molecule has 27 heavy (non-hydrogen) atoms. The van der Waals surface area contributed by atoms with Gasteiger partial charge in [0.15, 0.2) is 11.7 Å². The first-order valence-electron chi connectivity index (χ1n) is 9.10. The van der Waals surface area contributed by atoms with Gasteiger partial charge in [-0.3, -0.25) is 4.99 Å². The van der Waals surface area contributed by atoms with Gasteiger partial charge in [-0.1, -0.05) is 25.1 Å². The highest BCUT2D eigenvalue weighted by molar-refractivity contribution is 14.0. The van der Waals surface area contributed by atoms with E-state index in [2.05, 4.69) is 45.7 Å². The molecule has 0 saturated carbocycles. The van der Waals surface area contributed by atoms with E-state index in [1.807, 2.05) is 31.1 Å². The molecule has 0 saturated heterocycles. The number of nitrogens with zero attached hydrogens (tertiary/aromatic N) is 4. The first kappa shape index (κ1) is 23.2. The molecule has 8 heteroatoms. The van der Waals surface area contributed by atoms with Crippen LogP contribution < -0.4 is 15.5 Å². The van der Waals surface area contributed by atoms with Crippen molar-refractivity contribution in [2.45, 2.75) is 45.7 Å². The van der Waals surface area contributed by atoms with Crippen molar-refractivity contribution in [2.75, 3.05) is 26.0 Å². The summed E-state index contributed by atoms with van der Waals surface area (Å²) in [6.45, 7) is 5.52. The lowest BCUT2D eigenvalue weighted by Crippen LogP contribution is -2.36. The van der Waals surface area contributed by atoms with Crippen molar-refractivity contribution in [3.05, 3.63) is 41.4 Å². The third-order valence-corrected chi connectivity index (χ3v) is 4.37. The number of halogens is 1. The molecule has 150 valence electrons. The lowest BCUT2D eigenvalue weighted by Gasteiger charge is -2.17. The van der Waals surface area contributed by atoms with E-state index in [1.165, 1.54) is 0 Å². The zero-order valence-electron chi connectivity index (χ0n) is 16.8. The van der Waals surface area contributed by atoms with Gasteiger partial charge in [0.1, 0.15) is 5.82 Å². The number of hydrogen-bond acceptors (Lipinski definition) is 5. The minimum Gasteiger partial charge on any atom is -0.362 e. The summed E-state index contributed by atoms with van der Waals surface area (Å²) in [6, 6.07) is 6.03. The van der Waals surface area contributed by atoms with Crippen molar-refractivity contribution in [1.82, 2.24) is 20.8 Å². The van der Waals surface area contributed by atoms with Crippen LogP contribution in [-0.2, 0) is 13.1 Å². The van der Waals surface area contributed by atoms with E-state index in [0.29, 0.717) is 25.0 Å². The minimum absolute atomic E-state index is 0. The van der Waals surface area contributed by atoms with E-state index in [1.54, 1.807) is 13.2 Å². The summed E-state index contributed by atoms with van der Waals surface area (Å²) in [6.07, 6.45) is 3.93. The number of hydrogen-bond donors (Lipinski definition) is 2. The van der Waals surface area contributed by atoms with Gasteiger partial charge < -0.3 is 20.1 Å². The average Bonchev–Trinajstić information content (AvgIpc) is 3.12. The Balaban J connectivity index is 0.00000364. The standard InChI is InChI=1S/C19H30N6O.HI/c1-6-14(7-2)17-11-16(26-24-17)13-23-19(20-3)22-12-15-9-8-10-21-18(15)25(4)5;/h8-11,14H,6-7,12-13H2,1-5H3,(H2,20,22,23);1H. The molecular weight excluding hydrogens is 455 g/mol. The van der Waals surface area contributed by atoms with Gasteiger partial charge >= 0.3 is 0 Å². The lowest BCUT2D eigenvalue weighted by molar-refractivity contribution is 0.368. The van der Waals surface area contributed by atoms with E-state index >= 15 is 0 Å². The number of aliphatic imine (C=N–C) groups is 1. The summed E-state index contributed by atoms with van der Waals surface area (Å²) < 4.78 is 5.45. The molecule has 0 amide bonds. The maximum atomic E-state index is 5.45. The third-order valence-electron chi connectivity index (χ3n) is 4.37. The molecule has 0 radical (unpaired) electrons. The van der Waals surface area contributed by atoms with Crippen LogP contribution in [0.2, 0.25) is 0 Å². The summed E-state index contributed by atoms with van der Waals surface area (Å²) in [5.41, 5.74) is 2.14. The summed E-state index contributed by atoms with van der Waals surface area (Å²) >= 11 is 0. The number of aromatic nitrogens is 2. The van der Waals surface area contributed by atoms with Gasteiger partial charge in [0.25, 0.3) is 0 Å². The van der Waals surface area contributed by atoms with E-state index in [-0.39, 0.29) is 24.0 Å². The predicted molar refractivity (Wildman–Crippen MR) is 121 cm³/mol. The second-order valence-corrected chi connectivity index (χ2v) is 6.39. The van der Waals surface area contributed by atoms with Crippen LogP contribution in [0, 0.1) is 0 Å². The van der Waals surface area contributed by atoms with E-state index in [4.69, 9.17) is 4.52 Å². The second kappa shape index (κ2) is 11.8. The number of nitrogens with one attached hydrogen (secondary N) is 2. The smallest absolute Gasteiger partial charge is 0.191 e. The average molecular weight is 486 g/mol. The van der Waals surface area contributed by atoms with Crippen LogP contribution in [0.4, 0.5) is 5.82 Å². The van der Waals surface area contributed by atoms with Gasteiger partial charge in [0, 0.05) is 51.4 Å². The van der Waals surface area contributed by atoms with Crippen molar-refractivity contribution in [3.8, 4) is 0 Å². The molecule has 2 N–H and O–H groups in total. The maximum Gasteiger partial charge on any atom is 0.191 e. The molecule has 2 aromatic rings. The lowest BCUT2D eigenvalue weighted by atomic mass is 9.99. The summed E-state index contributed by atoms with van der Waals surface area (Å²) in [7, 11) is 5.72. The molecule has 7 nitrogen and oxygen atoms in total. The predicted octanol–water partition coefficient (Wildman–Crippen LogP) is 3.52. The van der Waals surface area contributed by atoms with Gasteiger partial charge in [-0.15, -0.1) is 24.0 Å². The monoisotopic (exact) mass is 486 g/mol. The molecule has 2 rings (SSSR count). The van der Waals surface area contributed by atoms with Crippen molar-refractivity contribution >= 4 is 35.8 Å². The molecule has 2 aromatic heterocycles. The molecule has 0 spiro atoms. The van der Waals surface area contributed by atoms with Gasteiger partial charge in [-0.05, 0) is 18.9 Å². The Morgan fingerprint density at radius 1 is 1.22 bits per heavy atom. The Labute approximate surface area is 179 Å². The SMILES string of the molecule is CCC(CC)c1cc(CNC(=NC)NCc2cccnc2N(C)C)on1.I. The van der Waals surface area contributed by atoms with Gasteiger partial charge in [-0.25, -0.2) is 4.98 Å². The van der Waals surface area contributed by atoms with E-state index in [9.17, 15) is 0 Å². The Hall–Kier alpha value is -1.84. The van der Waals surface area contributed by atoms with Crippen LogP contribution in [0.25, 0.3) is 0 Å². The van der Waals surface area contributed by atoms with E-state index in [0.717, 1.165) is 35.7 Å². The Morgan fingerprint density at radius 3 is 2.56 bits per heavy atom. The molecule has 0 aliphatic heterocycles. The highest BCUT2D eigenvalue weighted by atomic mass is 127. The van der Waals surface area contributed by atoms with Crippen LogP contribution in [0.15, 0.2) is 33.9 Å². The fourth-order valence-corrected chi connectivity index (χ4v) is 2.85. The molecule has 0 bridgehead atoms. The molecule has 0 aliphatic carbocycles. The van der Waals surface area contributed by atoms with Crippen molar-refractivity contribution in [1.29, 1.82) is 0 Å². The fraction of sp³-hybridized carbons (Fsp3) is 0.526. The highest BCUT2D eigenvalue weighted by Crippen LogP contribution is 2.22. The zero-order chi connectivity index (χ0) is 18.9. The van der Waals surface area contributed by atoms with Crippen molar-refractivity contribution < 1.29 is 4.52 Å². The van der Waals surface area contributed by atoms with Crippen molar-refractivity contribution in [2.24, 2.45) is 4.99 Å². The van der Waals surface area contributed by atoms with Crippen LogP contribution in [-0.4, -0.2) is 37.2 Å². The third kappa shape index (κ3) is 6.67. The van der Waals surface area contributed by atoms with E-state index < -0.39 is 0 Å². The van der Waals surface area contributed by atoms with Crippen LogP contribution in [0.5, 0.6) is 0 Å². The molecule has 0 aliphatic rings. The largest absolute Gasteiger partial charge is 0.362 e. The number of rotatable bonds is 8. The molecule has 2 heterocycles. The Kier molecular flexibility index (Phi) is 10.1. The normalized spacial score (nSPS) is 11.3. The molecule has 0 unspecified atom stereocenters. The first-order valence-corrected chi connectivity index (χ1v) is 9.10. The van der Waals surface area contributed by atoms with Crippen molar-refractivity contribution in [3.63, 3.8) is 0 Å². The molecule has 0 atom stereocenters. The quantitative estimate of drug-likeness (QED) is 0.338. The van der Waals surface area contributed by atoms with Crippen LogP contribution >= 0.6 is 24.0 Å². The maximum absolute atomic E-state index is 5.45. The molecular formula is C19H31IN6O. The first-order chi connectivity index (χ1) is 12.6. The summed E-state index contributed by atoms with van der Waals surface area (Å²) in [5, 5.41) is 10.8. The Bertz CT molecular complexity index is 712. The van der Waals surface area contributed by atoms with Gasteiger partial charge in [-0.2, -0.15) is 0 Å². The second-order valence-electron chi connectivity index (χ2n) is 6.39.